The highest BCUT2D eigenvalue weighted by atomic mass is 16.2. The van der Waals surface area contributed by atoms with E-state index < -0.39 is 11.6 Å². The van der Waals surface area contributed by atoms with Crippen LogP contribution in [-0.2, 0) is 4.79 Å². The summed E-state index contributed by atoms with van der Waals surface area (Å²) in [5, 5.41) is 0.808. The zero-order chi connectivity index (χ0) is 15.3. The van der Waals surface area contributed by atoms with Gasteiger partial charge in [0, 0.05) is 10.9 Å². The Morgan fingerprint density at radius 3 is 2.41 bits per heavy atom. The summed E-state index contributed by atoms with van der Waals surface area (Å²) in [6, 6.07) is 15.4. The van der Waals surface area contributed by atoms with Crippen molar-refractivity contribution in [1.82, 2.24) is 4.98 Å². The SMILES string of the molecule is Cc1ccc(/C=C2/C(=O)C(=O)c3c2[nH]c2ccccc32)cc1. The molecule has 0 amide bonds. The first kappa shape index (κ1) is 12.8. The van der Waals surface area contributed by atoms with E-state index in [1.807, 2.05) is 55.5 Å². The van der Waals surface area contributed by atoms with Gasteiger partial charge in [0.2, 0.25) is 11.6 Å². The highest BCUT2D eigenvalue weighted by molar-refractivity contribution is 6.65. The fourth-order valence-corrected chi connectivity index (χ4v) is 2.90. The van der Waals surface area contributed by atoms with E-state index in [4.69, 9.17) is 0 Å². The zero-order valence-corrected chi connectivity index (χ0v) is 12.0. The van der Waals surface area contributed by atoms with Crippen molar-refractivity contribution in [3.05, 3.63) is 70.9 Å². The molecule has 0 spiro atoms. The van der Waals surface area contributed by atoms with Gasteiger partial charge >= 0.3 is 0 Å². The number of carbonyl (C=O) groups excluding carboxylic acids is 2. The molecule has 0 radical (unpaired) electrons. The van der Waals surface area contributed by atoms with E-state index in [9.17, 15) is 9.59 Å². The van der Waals surface area contributed by atoms with Crippen LogP contribution in [0.25, 0.3) is 22.6 Å². The molecule has 1 N–H and O–H groups in total. The summed E-state index contributed by atoms with van der Waals surface area (Å²) in [4.78, 5) is 27.8. The zero-order valence-electron chi connectivity index (χ0n) is 12.0. The monoisotopic (exact) mass is 287 g/mol. The van der Waals surface area contributed by atoms with Gasteiger partial charge in [0.25, 0.3) is 0 Å². The van der Waals surface area contributed by atoms with Crippen molar-refractivity contribution in [2.45, 2.75) is 6.92 Å². The van der Waals surface area contributed by atoms with Gasteiger partial charge in [-0.05, 0) is 24.6 Å². The summed E-state index contributed by atoms with van der Waals surface area (Å²) < 4.78 is 0. The molecule has 22 heavy (non-hydrogen) atoms. The highest BCUT2D eigenvalue weighted by Gasteiger charge is 2.36. The van der Waals surface area contributed by atoms with Crippen LogP contribution < -0.4 is 0 Å². The molecular weight excluding hydrogens is 274 g/mol. The van der Waals surface area contributed by atoms with E-state index in [0.717, 1.165) is 22.0 Å². The molecule has 0 saturated heterocycles. The maximum atomic E-state index is 12.3. The number of aromatic amines is 1. The fourth-order valence-electron chi connectivity index (χ4n) is 2.90. The standard InChI is InChI=1S/C19H13NO2/c1-11-6-8-12(9-7-11)10-14-17-16(19(22)18(14)21)13-4-2-3-5-15(13)20-17/h2-10,20H,1H3/b14-10+. The number of fused-ring (bicyclic) bond motifs is 3. The summed E-state index contributed by atoms with van der Waals surface area (Å²) in [5.74, 6) is -0.863. The van der Waals surface area contributed by atoms with E-state index in [1.165, 1.54) is 0 Å². The molecule has 3 nitrogen and oxygen atoms in total. The minimum atomic E-state index is -0.437. The van der Waals surface area contributed by atoms with Crippen LogP contribution in [0.15, 0.2) is 48.5 Å². The second-order valence-corrected chi connectivity index (χ2v) is 5.55. The van der Waals surface area contributed by atoms with Crippen LogP contribution in [-0.4, -0.2) is 16.6 Å². The quantitative estimate of drug-likeness (QED) is 0.547. The first-order valence-electron chi connectivity index (χ1n) is 7.13. The molecule has 106 valence electrons. The molecule has 3 aromatic rings. The third-order valence-corrected chi connectivity index (χ3v) is 4.04. The summed E-state index contributed by atoms with van der Waals surface area (Å²) >= 11 is 0. The summed E-state index contributed by atoms with van der Waals surface area (Å²) in [5.41, 5.74) is 4.52. The van der Waals surface area contributed by atoms with Gasteiger partial charge in [-0.2, -0.15) is 0 Å². The molecule has 0 saturated carbocycles. The van der Waals surface area contributed by atoms with E-state index in [0.29, 0.717) is 16.8 Å². The topological polar surface area (TPSA) is 49.9 Å². The Morgan fingerprint density at radius 2 is 1.64 bits per heavy atom. The number of Topliss-reactive ketones (excluding diaryl/α,β-unsaturated/α-hetero) is 2. The predicted octanol–water partition coefficient (Wildman–Crippen LogP) is 3.78. The average molecular weight is 287 g/mol. The Morgan fingerprint density at radius 1 is 0.909 bits per heavy atom. The number of ketones is 2. The first-order chi connectivity index (χ1) is 10.6. The lowest BCUT2D eigenvalue weighted by Crippen LogP contribution is -2.06. The van der Waals surface area contributed by atoms with Gasteiger partial charge in [0.1, 0.15) is 0 Å². The molecule has 1 aliphatic rings. The van der Waals surface area contributed by atoms with Gasteiger partial charge < -0.3 is 4.98 Å². The summed E-state index contributed by atoms with van der Waals surface area (Å²) in [7, 11) is 0. The number of allylic oxidation sites excluding steroid dienone is 1. The lowest BCUT2D eigenvalue weighted by Gasteiger charge is -1.98. The van der Waals surface area contributed by atoms with E-state index in [1.54, 1.807) is 6.08 Å². The number of aromatic nitrogens is 1. The number of rotatable bonds is 1. The second-order valence-electron chi connectivity index (χ2n) is 5.55. The third-order valence-electron chi connectivity index (χ3n) is 4.04. The van der Waals surface area contributed by atoms with Gasteiger partial charge in [0.05, 0.1) is 16.8 Å². The summed E-state index contributed by atoms with van der Waals surface area (Å²) in [6.45, 7) is 2.01. The molecule has 1 aliphatic carbocycles. The average Bonchev–Trinajstić information content (AvgIpc) is 3.01. The summed E-state index contributed by atoms with van der Waals surface area (Å²) in [6.07, 6.45) is 1.78. The number of H-pyrrole nitrogens is 1. The number of para-hydroxylation sites is 1. The van der Waals surface area contributed by atoms with Gasteiger partial charge in [0.15, 0.2) is 0 Å². The Hall–Kier alpha value is -2.94. The normalized spacial score (nSPS) is 15.8. The van der Waals surface area contributed by atoms with Gasteiger partial charge in [-0.3, -0.25) is 9.59 Å². The number of nitrogens with one attached hydrogen (secondary N) is 1. The molecule has 0 aliphatic heterocycles. The molecule has 0 bridgehead atoms. The van der Waals surface area contributed by atoms with Gasteiger partial charge in [-0.1, -0.05) is 48.0 Å². The van der Waals surface area contributed by atoms with Crippen molar-refractivity contribution < 1.29 is 9.59 Å². The largest absolute Gasteiger partial charge is 0.354 e. The Kier molecular flexibility index (Phi) is 2.63. The van der Waals surface area contributed by atoms with Crippen LogP contribution in [0.1, 0.15) is 27.2 Å². The maximum Gasteiger partial charge on any atom is 0.236 e. The molecule has 0 unspecified atom stereocenters. The number of aryl methyl sites for hydroxylation is 1. The minimum Gasteiger partial charge on any atom is -0.354 e. The molecular formula is C19H13NO2. The Labute approximate surface area is 127 Å². The van der Waals surface area contributed by atoms with Crippen molar-refractivity contribution in [2.75, 3.05) is 0 Å². The Bertz CT molecular complexity index is 959. The van der Waals surface area contributed by atoms with Crippen molar-refractivity contribution in [3.63, 3.8) is 0 Å². The van der Waals surface area contributed by atoms with E-state index in [2.05, 4.69) is 4.98 Å². The van der Waals surface area contributed by atoms with Gasteiger partial charge in [-0.15, -0.1) is 0 Å². The van der Waals surface area contributed by atoms with Crippen LogP contribution in [0.3, 0.4) is 0 Å². The molecule has 1 heterocycles. The second kappa shape index (κ2) is 4.53. The van der Waals surface area contributed by atoms with Crippen molar-refractivity contribution >= 4 is 34.1 Å². The van der Waals surface area contributed by atoms with Crippen molar-refractivity contribution in [3.8, 4) is 0 Å². The molecule has 0 atom stereocenters. The van der Waals surface area contributed by atoms with E-state index in [-0.39, 0.29) is 0 Å². The van der Waals surface area contributed by atoms with Crippen LogP contribution in [0, 0.1) is 6.92 Å². The van der Waals surface area contributed by atoms with E-state index >= 15 is 0 Å². The number of hydrogen-bond acceptors (Lipinski definition) is 2. The third kappa shape index (κ3) is 1.76. The lowest BCUT2D eigenvalue weighted by atomic mass is 10.1. The number of benzene rings is 2. The van der Waals surface area contributed by atoms with Crippen molar-refractivity contribution in [1.29, 1.82) is 0 Å². The Balaban J connectivity index is 1.94. The number of hydrogen-bond donors (Lipinski definition) is 1. The predicted molar refractivity (Wildman–Crippen MR) is 86.7 cm³/mol. The molecule has 3 heteroatoms. The maximum absolute atomic E-state index is 12.3. The van der Waals surface area contributed by atoms with Crippen LogP contribution in [0.2, 0.25) is 0 Å². The molecule has 4 rings (SSSR count). The van der Waals surface area contributed by atoms with Gasteiger partial charge in [-0.25, -0.2) is 0 Å². The molecule has 0 fully saturated rings. The fraction of sp³-hybridized carbons (Fsp3) is 0.0526. The molecule has 1 aromatic heterocycles. The smallest absolute Gasteiger partial charge is 0.236 e. The van der Waals surface area contributed by atoms with Crippen LogP contribution in [0.5, 0.6) is 0 Å². The van der Waals surface area contributed by atoms with Crippen molar-refractivity contribution in [2.24, 2.45) is 0 Å². The van der Waals surface area contributed by atoms with Crippen LogP contribution in [0.4, 0.5) is 0 Å². The highest BCUT2D eigenvalue weighted by Crippen LogP contribution is 2.35. The molecule has 2 aromatic carbocycles. The lowest BCUT2D eigenvalue weighted by molar-refractivity contribution is -0.109. The number of carbonyl (C=O) groups is 2. The van der Waals surface area contributed by atoms with Crippen LogP contribution >= 0.6 is 0 Å². The minimum absolute atomic E-state index is 0.425. The first-order valence-corrected chi connectivity index (χ1v) is 7.13.